The van der Waals surface area contributed by atoms with Crippen LogP contribution in [0, 0.1) is 11.8 Å². The number of carbonyl (C=O) groups excluding carboxylic acids is 1. The van der Waals surface area contributed by atoms with E-state index in [0.717, 1.165) is 0 Å². The van der Waals surface area contributed by atoms with Crippen LogP contribution in [0.1, 0.15) is 25.7 Å². The number of halogens is 2. The van der Waals surface area contributed by atoms with Gasteiger partial charge in [0.2, 0.25) is 5.91 Å². The van der Waals surface area contributed by atoms with Gasteiger partial charge in [-0.2, -0.15) is 0 Å². The first-order chi connectivity index (χ1) is 10.7. The van der Waals surface area contributed by atoms with Gasteiger partial charge < -0.3 is 37.0 Å². The molecule has 0 heterocycles. The Morgan fingerprint density at radius 2 is 1.88 bits per heavy atom. The smallest absolute Gasteiger partial charge is 0.451 e. The molecule has 0 unspecified atom stereocenters. The van der Waals surface area contributed by atoms with E-state index in [2.05, 4.69) is 5.32 Å². The Labute approximate surface area is 159 Å². The third-order valence-electron chi connectivity index (χ3n) is 4.57. The summed E-state index contributed by atoms with van der Waals surface area (Å²) in [7, 11) is -1.41. The average molecular weight is 404 g/mol. The summed E-state index contributed by atoms with van der Waals surface area (Å²) in [6.45, 7) is -0.417. The number of amides is 1. The molecule has 9 N–H and O–H groups in total. The lowest BCUT2D eigenvalue weighted by Crippen LogP contribution is -2.60. The van der Waals surface area contributed by atoms with Crippen molar-refractivity contribution in [2.45, 2.75) is 43.6 Å². The highest BCUT2D eigenvalue weighted by Gasteiger charge is 2.46. The fourth-order valence-electron chi connectivity index (χ4n) is 3.06. The van der Waals surface area contributed by atoms with Crippen LogP contribution in [0.15, 0.2) is 0 Å². The van der Waals surface area contributed by atoms with E-state index in [1.807, 2.05) is 0 Å². The Balaban J connectivity index is 0. The number of carboxylic acid groups (broad SMARTS) is 1. The van der Waals surface area contributed by atoms with Gasteiger partial charge in [-0.3, -0.25) is 9.59 Å². The SMILES string of the molecule is Cl.Cl.N[C@@H](CO)C(=O)NC[C@@H]1CC[C@@H](CCB(O)O)C[C@]1(N)C(=O)O. The second-order valence-corrected chi connectivity index (χ2v) is 6.28. The maximum atomic E-state index is 11.6. The lowest BCUT2D eigenvalue weighted by Gasteiger charge is -2.41. The monoisotopic (exact) mass is 403 g/mol. The summed E-state index contributed by atoms with van der Waals surface area (Å²) in [4.78, 5) is 23.2. The van der Waals surface area contributed by atoms with Crippen molar-refractivity contribution in [1.29, 1.82) is 0 Å². The van der Waals surface area contributed by atoms with Gasteiger partial charge in [0.1, 0.15) is 11.6 Å². The summed E-state index contributed by atoms with van der Waals surface area (Å²) in [5.41, 5.74) is 9.99. The van der Waals surface area contributed by atoms with Gasteiger partial charge in [-0.15, -0.1) is 24.8 Å². The minimum Gasteiger partial charge on any atom is -0.480 e. The molecule has 0 aliphatic heterocycles. The van der Waals surface area contributed by atoms with E-state index in [1.165, 1.54) is 0 Å². The van der Waals surface area contributed by atoms with E-state index in [-0.39, 0.29) is 50.0 Å². The first-order valence-electron chi connectivity index (χ1n) is 7.73. The number of aliphatic carboxylic acids is 1. The van der Waals surface area contributed by atoms with Gasteiger partial charge in [0.05, 0.1) is 6.61 Å². The first-order valence-corrected chi connectivity index (χ1v) is 7.73. The van der Waals surface area contributed by atoms with Crippen LogP contribution < -0.4 is 16.8 Å². The van der Waals surface area contributed by atoms with Gasteiger partial charge in [0.15, 0.2) is 0 Å². The molecular formula is C13H28BCl2N3O6. The molecule has 1 saturated carbocycles. The molecule has 0 aromatic rings. The average Bonchev–Trinajstić information content (AvgIpc) is 2.50. The van der Waals surface area contributed by atoms with Gasteiger partial charge in [0.25, 0.3) is 0 Å². The van der Waals surface area contributed by atoms with Crippen LogP contribution in [0.25, 0.3) is 0 Å². The number of aliphatic hydroxyl groups is 1. The fourth-order valence-corrected chi connectivity index (χ4v) is 3.06. The largest absolute Gasteiger partial charge is 0.480 e. The van der Waals surface area contributed by atoms with Crippen molar-refractivity contribution >= 4 is 43.8 Å². The quantitative estimate of drug-likeness (QED) is 0.235. The van der Waals surface area contributed by atoms with Gasteiger partial charge >= 0.3 is 13.1 Å². The van der Waals surface area contributed by atoms with Crippen molar-refractivity contribution in [3.63, 3.8) is 0 Å². The normalized spacial score (nSPS) is 26.6. The predicted molar refractivity (Wildman–Crippen MR) is 97.6 cm³/mol. The van der Waals surface area contributed by atoms with Crippen LogP contribution in [0.2, 0.25) is 6.32 Å². The van der Waals surface area contributed by atoms with E-state index in [1.54, 1.807) is 0 Å². The van der Waals surface area contributed by atoms with Crippen molar-refractivity contribution in [1.82, 2.24) is 5.32 Å². The third-order valence-corrected chi connectivity index (χ3v) is 4.57. The van der Waals surface area contributed by atoms with Gasteiger partial charge in [-0.05, 0) is 31.5 Å². The molecule has 0 bridgehead atoms. The van der Waals surface area contributed by atoms with Crippen LogP contribution in [0.3, 0.4) is 0 Å². The molecule has 0 radical (unpaired) electrons. The van der Waals surface area contributed by atoms with Crippen molar-refractivity contribution < 1.29 is 29.9 Å². The molecule has 25 heavy (non-hydrogen) atoms. The van der Waals surface area contributed by atoms with Crippen LogP contribution in [-0.2, 0) is 9.59 Å². The summed E-state index contributed by atoms with van der Waals surface area (Å²) in [5.74, 6) is -2.15. The second kappa shape index (κ2) is 11.9. The Bertz CT molecular complexity index is 435. The zero-order valence-corrected chi connectivity index (χ0v) is 15.5. The third kappa shape index (κ3) is 7.65. The second-order valence-electron chi connectivity index (χ2n) is 6.28. The summed E-state index contributed by atoms with van der Waals surface area (Å²) in [6, 6.07) is -1.05. The number of nitrogens with two attached hydrogens (primary N) is 2. The minimum absolute atomic E-state index is 0. The summed E-state index contributed by atoms with van der Waals surface area (Å²) in [6.07, 6.45) is 2.07. The molecule has 4 atom stereocenters. The number of hydrogen-bond acceptors (Lipinski definition) is 7. The van der Waals surface area contributed by atoms with Crippen molar-refractivity contribution in [2.24, 2.45) is 23.3 Å². The highest BCUT2D eigenvalue weighted by Crippen LogP contribution is 2.37. The molecular weight excluding hydrogens is 376 g/mol. The van der Waals surface area contributed by atoms with Crippen LogP contribution in [0.4, 0.5) is 0 Å². The predicted octanol–water partition coefficient (Wildman–Crippen LogP) is -1.67. The number of carbonyl (C=O) groups is 2. The van der Waals surface area contributed by atoms with Crippen molar-refractivity contribution in [3.8, 4) is 0 Å². The molecule has 0 aromatic carbocycles. The Hall–Kier alpha value is -0.615. The van der Waals surface area contributed by atoms with Gasteiger partial charge in [-0.1, -0.05) is 6.42 Å². The Kier molecular flexibility index (Phi) is 12.7. The lowest BCUT2D eigenvalue weighted by atomic mass is 9.66. The van der Waals surface area contributed by atoms with E-state index >= 15 is 0 Å². The number of aliphatic hydroxyl groups excluding tert-OH is 1. The molecule has 1 fully saturated rings. The summed E-state index contributed by atoms with van der Waals surface area (Å²) < 4.78 is 0. The highest BCUT2D eigenvalue weighted by atomic mass is 35.5. The number of nitrogens with one attached hydrogen (secondary N) is 1. The molecule has 1 aliphatic rings. The molecule has 1 aliphatic carbocycles. The minimum atomic E-state index is -1.49. The molecule has 0 spiro atoms. The molecule has 1 amide bonds. The molecule has 0 aromatic heterocycles. The lowest BCUT2D eigenvalue weighted by molar-refractivity contribution is -0.148. The molecule has 0 saturated heterocycles. The van der Waals surface area contributed by atoms with E-state index < -0.39 is 43.1 Å². The molecule has 12 heteroatoms. The van der Waals surface area contributed by atoms with E-state index in [4.69, 9.17) is 26.6 Å². The Morgan fingerprint density at radius 1 is 1.28 bits per heavy atom. The molecule has 1 rings (SSSR count). The van der Waals surface area contributed by atoms with Crippen molar-refractivity contribution in [2.75, 3.05) is 13.2 Å². The van der Waals surface area contributed by atoms with Crippen LogP contribution in [0.5, 0.6) is 0 Å². The fraction of sp³-hybridized carbons (Fsp3) is 0.846. The maximum Gasteiger partial charge on any atom is 0.451 e. The molecule has 148 valence electrons. The van der Waals surface area contributed by atoms with Gasteiger partial charge in [0, 0.05) is 12.5 Å². The van der Waals surface area contributed by atoms with Gasteiger partial charge in [-0.25, -0.2) is 0 Å². The summed E-state index contributed by atoms with van der Waals surface area (Å²) >= 11 is 0. The number of hydrogen-bond donors (Lipinski definition) is 7. The zero-order valence-electron chi connectivity index (χ0n) is 13.8. The van der Waals surface area contributed by atoms with Crippen LogP contribution >= 0.6 is 24.8 Å². The summed E-state index contributed by atoms with van der Waals surface area (Å²) in [5, 5.41) is 38.7. The van der Waals surface area contributed by atoms with E-state index in [0.29, 0.717) is 19.3 Å². The zero-order chi connectivity index (χ0) is 17.6. The molecule has 9 nitrogen and oxygen atoms in total. The maximum absolute atomic E-state index is 11.6. The standard InChI is InChI=1S/C13H26BN3O6.2ClH/c15-10(7-18)11(19)17-6-9-2-1-8(3-4-14(22)23)5-13(9,16)12(20)21;;/h8-10,18,22-23H,1-7,15-16H2,(H,17,19)(H,20,21);2*1H/t8-,9-,10-,13+;;/m0../s1. The van der Waals surface area contributed by atoms with Crippen molar-refractivity contribution in [3.05, 3.63) is 0 Å². The first kappa shape index (κ1) is 26.6. The Morgan fingerprint density at radius 3 is 2.36 bits per heavy atom. The number of carboxylic acids is 1. The number of rotatable bonds is 8. The topological polar surface area (TPSA) is 179 Å². The van der Waals surface area contributed by atoms with E-state index in [9.17, 15) is 14.7 Å². The highest BCUT2D eigenvalue weighted by molar-refractivity contribution is 6.40. The van der Waals surface area contributed by atoms with Crippen LogP contribution in [-0.4, -0.2) is 64.0 Å².